The molecule has 0 heterocycles. The van der Waals surface area contributed by atoms with Crippen molar-refractivity contribution >= 4 is 23.3 Å². The molecule has 168 valence electrons. The first kappa shape index (κ1) is 27.7. The number of nitrogens with one attached hydrogen (secondary N) is 1. The highest BCUT2D eigenvalue weighted by atomic mass is 16.2. The lowest BCUT2D eigenvalue weighted by Crippen LogP contribution is -2.34. The molecule has 0 aliphatic carbocycles. The summed E-state index contributed by atoms with van der Waals surface area (Å²) in [5.41, 5.74) is 1.16. The summed E-state index contributed by atoms with van der Waals surface area (Å²) in [7, 11) is 3.89. The lowest BCUT2D eigenvalue weighted by Gasteiger charge is -2.18. The maximum absolute atomic E-state index is 12.2. The number of unbranched alkanes of at least 4 members (excludes halogenated alkanes) is 2. The van der Waals surface area contributed by atoms with Crippen molar-refractivity contribution in [1.29, 1.82) is 0 Å². The average molecular weight is 419 g/mol. The van der Waals surface area contributed by atoms with Crippen LogP contribution in [0.4, 0.5) is 0 Å². The van der Waals surface area contributed by atoms with Crippen LogP contribution in [0.2, 0.25) is 0 Å². The van der Waals surface area contributed by atoms with Gasteiger partial charge in [0, 0.05) is 12.3 Å². The van der Waals surface area contributed by atoms with E-state index >= 15 is 0 Å². The Bertz CT molecular complexity index is 656. The summed E-state index contributed by atoms with van der Waals surface area (Å²) in [6.07, 6.45) is 5.07. The fourth-order valence-corrected chi connectivity index (χ4v) is 2.78. The standard InChI is InChI=1S/C15H23NO.C9H15NO3/c1-4-5-11-14(15(17)12-16(2)3)13-9-7-6-8-10-13;1-3-4-5-8(12)9(13)10-6-7(2)11/h6-10,14H,4-5,11-12H2,1-3H3;3-6H2,1-2H3,(H,10,13). The molecule has 0 radical (unpaired) electrons. The molecule has 0 bridgehead atoms. The smallest absolute Gasteiger partial charge is 0.287 e. The number of rotatable bonds is 13. The molecule has 6 heteroatoms. The summed E-state index contributed by atoms with van der Waals surface area (Å²) in [5.74, 6) is -0.850. The Balaban J connectivity index is 0.000000584. The van der Waals surface area contributed by atoms with Crippen LogP contribution in [0.1, 0.15) is 70.8 Å². The van der Waals surface area contributed by atoms with Crippen LogP contribution in [0.3, 0.4) is 0 Å². The van der Waals surface area contributed by atoms with Gasteiger partial charge in [-0.25, -0.2) is 0 Å². The Hall–Kier alpha value is -2.34. The number of ketones is 3. The van der Waals surface area contributed by atoms with Crippen LogP contribution in [0.5, 0.6) is 0 Å². The number of hydrogen-bond acceptors (Lipinski definition) is 5. The molecule has 0 aliphatic heterocycles. The second-order valence-electron chi connectivity index (χ2n) is 7.72. The van der Waals surface area contributed by atoms with Crippen molar-refractivity contribution in [2.24, 2.45) is 0 Å². The van der Waals surface area contributed by atoms with Crippen LogP contribution in [-0.4, -0.2) is 55.3 Å². The van der Waals surface area contributed by atoms with Crippen molar-refractivity contribution in [3.8, 4) is 0 Å². The number of carbonyl (C=O) groups is 4. The zero-order valence-corrected chi connectivity index (χ0v) is 19.2. The average Bonchev–Trinajstić information content (AvgIpc) is 2.71. The van der Waals surface area contributed by atoms with E-state index < -0.39 is 11.7 Å². The number of amides is 1. The molecular weight excluding hydrogens is 380 g/mol. The second kappa shape index (κ2) is 16.5. The van der Waals surface area contributed by atoms with Gasteiger partial charge < -0.3 is 10.2 Å². The van der Waals surface area contributed by atoms with Crippen LogP contribution >= 0.6 is 0 Å². The lowest BCUT2D eigenvalue weighted by molar-refractivity contribution is -0.138. The van der Waals surface area contributed by atoms with Gasteiger partial charge in [0.25, 0.3) is 5.91 Å². The van der Waals surface area contributed by atoms with Crippen molar-refractivity contribution in [1.82, 2.24) is 10.2 Å². The van der Waals surface area contributed by atoms with E-state index in [2.05, 4.69) is 24.4 Å². The summed E-state index contributed by atoms with van der Waals surface area (Å²) >= 11 is 0. The fraction of sp³-hybridized carbons (Fsp3) is 0.583. The van der Waals surface area contributed by atoms with Crippen LogP contribution in [0.15, 0.2) is 30.3 Å². The number of Topliss-reactive ketones (excluding diaryl/α,β-unsaturated/α-hetero) is 3. The zero-order chi connectivity index (χ0) is 22.9. The molecule has 1 atom stereocenters. The number of likely N-dealkylation sites (N-methyl/N-ethyl adjacent to an activating group) is 1. The Kier molecular flexibility index (Phi) is 15.2. The van der Waals surface area contributed by atoms with Crippen molar-refractivity contribution < 1.29 is 19.2 Å². The monoisotopic (exact) mass is 418 g/mol. The number of nitrogens with zero attached hydrogens (tertiary/aromatic N) is 1. The molecule has 0 aromatic heterocycles. The van der Waals surface area contributed by atoms with Gasteiger partial charge in [-0.3, -0.25) is 19.2 Å². The third kappa shape index (κ3) is 13.0. The molecule has 0 saturated heterocycles. The van der Waals surface area contributed by atoms with Gasteiger partial charge in [0.1, 0.15) is 5.78 Å². The van der Waals surface area contributed by atoms with E-state index in [0.29, 0.717) is 18.7 Å². The maximum atomic E-state index is 12.2. The number of carbonyl (C=O) groups excluding carboxylic acids is 4. The van der Waals surface area contributed by atoms with Crippen molar-refractivity contribution in [3.63, 3.8) is 0 Å². The van der Waals surface area contributed by atoms with Crippen molar-refractivity contribution in [3.05, 3.63) is 35.9 Å². The van der Waals surface area contributed by atoms with Gasteiger partial charge >= 0.3 is 0 Å². The Morgan fingerprint density at radius 1 is 0.967 bits per heavy atom. The minimum atomic E-state index is -0.649. The molecule has 0 spiro atoms. The summed E-state index contributed by atoms with van der Waals surface area (Å²) in [6, 6.07) is 10.1. The molecule has 1 unspecified atom stereocenters. The number of benzene rings is 1. The van der Waals surface area contributed by atoms with E-state index in [1.807, 2.05) is 44.1 Å². The Morgan fingerprint density at radius 2 is 1.57 bits per heavy atom. The fourth-order valence-electron chi connectivity index (χ4n) is 2.78. The quantitative estimate of drug-likeness (QED) is 0.495. The molecular formula is C24H38N2O4. The highest BCUT2D eigenvalue weighted by Gasteiger charge is 2.19. The second-order valence-corrected chi connectivity index (χ2v) is 7.72. The van der Waals surface area contributed by atoms with E-state index in [-0.39, 0.29) is 24.7 Å². The first-order chi connectivity index (χ1) is 14.2. The molecule has 1 aromatic carbocycles. The largest absolute Gasteiger partial charge is 0.342 e. The van der Waals surface area contributed by atoms with Gasteiger partial charge in [-0.15, -0.1) is 0 Å². The summed E-state index contributed by atoms with van der Waals surface area (Å²) in [5, 5.41) is 2.25. The van der Waals surface area contributed by atoms with Crippen LogP contribution < -0.4 is 5.32 Å². The Labute approximate surface area is 181 Å². The normalized spacial score (nSPS) is 11.3. The third-order valence-electron chi connectivity index (χ3n) is 4.42. The van der Waals surface area contributed by atoms with E-state index in [1.54, 1.807) is 0 Å². The summed E-state index contributed by atoms with van der Waals surface area (Å²) in [4.78, 5) is 46.6. The molecule has 1 amide bonds. The lowest BCUT2D eigenvalue weighted by atomic mass is 9.89. The Morgan fingerprint density at radius 3 is 2.07 bits per heavy atom. The molecule has 1 rings (SSSR count). The van der Waals surface area contributed by atoms with E-state index in [4.69, 9.17) is 0 Å². The van der Waals surface area contributed by atoms with Gasteiger partial charge in [-0.1, -0.05) is 63.4 Å². The highest BCUT2D eigenvalue weighted by molar-refractivity contribution is 6.36. The maximum Gasteiger partial charge on any atom is 0.287 e. The number of hydrogen-bond donors (Lipinski definition) is 1. The minimum absolute atomic E-state index is 0.0588. The highest BCUT2D eigenvalue weighted by Crippen LogP contribution is 2.23. The van der Waals surface area contributed by atoms with Gasteiger partial charge in [0.15, 0.2) is 5.78 Å². The summed E-state index contributed by atoms with van der Waals surface area (Å²) in [6.45, 7) is 5.94. The first-order valence-electron chi connectivity index (χ1n) is 10.8. The molecule has 0 saturated carbocycles. The van der Waals surface area contributed by atoms with Crippen molar-refractivity contribution in [2.45, 2.75) is 65.2 Å². The van der Waals surface area contributed by atoms with Gasteiger partial charge in [-0.2, -0.15) is 0 Å². The van der Waals surface area contributed by atoms with Crippen molar-refractivity contribution in [2.75, 3.05) is 27.2 Å². The van der Waals surface area contributed by atoms with Gasteiger partial charge in [0.2, 0.25) is 5.78 Å². The zero-order valence-electron chi connectivity index (χ0n) is 19.2. The first-order valence-corrected chi connectivity index (χ1v) is 10.8. The molecule has 0 aliphatic rings. The molecule has 1 aromatic rings. The minimum Gasteiger partial charge on any atom is -0.342 e. The SMILES string of the molecule is CCCCC(=O)C(=O)NCC(C)=O.CCCCC(C(=O)CN(C)C)c1ccccc1. The van der Waals surface area contributed by atoms with Gasteiger partial charge in [0.05, 0.1) is 13.1 Å². The molecule has 1 N–H and O–H groups in total. The molecule has 6 nitrogen and oxygen atoms in total. The molecule has 0 fully saturated rings. The van der Waals surface area contributed by atoms with Crippen LogP contribution in [-0.2, 0) is 19.2 Å². The molecule has 30 heavy (non-hydrogen) atoms. The topological polar surface area (TPSA) is 83.5 Å². The summed E-state index contributed by atoms with van der Waals surface area (Å²) < 4.78 is 0. The third-order valence-corrected chi connectivity index (χ3v) is 4.42. The van der Waals surface area contributed by atoms with E-state index in [0.717, 1.165) is 31.2 Å². The van der Waals surface area contributed by atoms with Crippen LogP contribution in [0.25, 0.3) is 0 Å². The predicted octanol–water partition coefficient (Wildman–Crippen LogP) is 3.54. The predicted molar refractivity (Wildman–Crippen MR) is 120 cm³/mol. The van der Waals surface area contributed by atoms with Crippen LogP contribution in [0, 0.1) is 0 Å². The van der Waals surface area contributed by atoms with E-state index in [1.165, 1.54) is 6.92 Å². The van der Waals surface area contributed by atoms with Gasteiger partial charge in [-0.05, 0) is 39.4 Å². The van der Waals surface area contributed by atoms with E-state index in [9.17, 15) is 19.2 Å².